The number of rotatable bonds is 6. The van der Waals surface area contributed by atoms with Crippen LogP contribution in [0.5, 0.6) is 0 Å². The zero-order valence-electron chi connectivity index (χ0n) is 16.6. The Morgan fingerprint density at radius 1 is 1.00 bits per heavy atom. The van der Waals surface area contributed by atoms with E-state index in [-0.39, 0.29) is 17.2 Å². The number of hydrogen-bond acceptors (Lipinski definition) is 5. The molecule has 0 atom stereocenters. The van der Waals surface area contributed by atoms with E-state index in [1.807, 2.05) is 0 Å². The van der Waals surface area contributed by atoms with Gasteiger partial charge in [0.25, 0.3) is 5.82 Å². The number of aromatic carboxylic acids is 1. The van der Waals surface area contributed by atoms with Crippen LogP contribution in [-0.4, -0.2) is 49.6 Å². The van der Waals surface area contributed by atoms with Crippen LogP contribution in [0, 0.1) is 0 Å². The number of carboxylic acid groups (broad SMARTS) is 1. The average Bonchev–Trinajstić information content (AvgIpc) is 3.18. The maximum absolute atomic E-state index is 13.3. The number of carboxylic acids is 1. The molecule has 1 N–H and O–H groups in total. The van der Waals surface area contributed by atoms with Crippen LogP contribution in [0.2, 0.25) is 10.0 Å². The Morgan fingerprint density at radius 3 is 2.45 bits per heavy atom. The number of piperidine rings is 1. The normalized spacial score (nSPS) is 14.5. The fourth-order valence-electron chi connectivity index (χ4n) is 3.71. The van der Waals surface area contributed by atoms with Crippen LogP contribution in [0.15, 0.2) is 42.5 Å². The lowest BCUT2D eigenvalue weighted by Crippen LogP contribution is -2.30. The van der Waals surface area contributed by atoms with Crippen molar-refractivity contribution in [1.29, 1.82) is 0 Å². The van der Waals surface area contributed by atoms with E-state index in [9.17, 15) is 14.7 Å². The summed E-state index contributed by atoms with van der Waals surface area (Å²) in [6.45, 7) is 2.24. The maximum atomic E-state index is 13.3. The summed E-state index contributed by atoms with van der Waals surface area (Å²) in [6, 6.07) is 11.6. The molecule has 2 aromatic carbocycles. The quantitative estimate of drug-likeness (QED) is 0.547. The van der Waals surface area contributed by atoms with Crippen molar-refractivity contribution in [2.24, 2.45) is 0 Å². The Balaban J connectivity index is 1.81. The van der Waals surface area contributed by atoms with Crippen LogP contribution in [0.25, 0.3) is 5.69 Å². The van der Waals surface area contributed by atoms with Crippen LogP contribution in [-0.2, 0) is 6.54 Å². The van der Waals surface area contributed by atoms with Gasteiger partial charge in [0.1, 0.15) is 5.82 Å². The zero-order valence-corrected chi connectivity index (χ0v) is 18.1. The fraction of sp³-hybridized carbons (Fsp3) is 0.273. The van der Waals surface area contributed by atoms with Gasteiger partial charge in [-0.1, -0.05) is 41.8 Å². The first-order valence-electron chi connectivity index (χ1n) is 9.95. The number of carbonyl (C=O) groups is 2. The Kier molecular flexibility index (Phi) is 6.36. The van der Waals surface area contributed by atoms with Gasteiger partial charge in [-0.25, -0.2) is 14.5 Å². The van der Waals surface area contributed by atoms with Crippen LogP contribution in [0.1, 0.15) is 51.6 Å². The summed E-state index contributed by atoms with van der Waals surface area (Å²) in [7, 11) is 0. The third-order valence-corrected chi connectivity index (χ3v) is 5.79. The molecule has 0 saturated carbocycles. The first-order valence-corrected chi connectivity index (χ1v) is 10.7. The molecule has 0 spiro atoms. The van der Waals surface area contributed by atoms with Crippen LogP contribution in [0.3, 0.4) is 0 Å². The molecule has 1 aliphatic heterocycles. The molecule has 4 rings (SSSR count). The minimum atomic E-state index is -1.23. The lowest BCUT2D eigenvalue weighted by Gasteiger charge is -2.26. The van der Waals surface area contributed by atoms with Gasteiger partial charge in [0.05, 0.1) is 17.3 Å². The molecule has 0 unspecified atom stereocenters. The van der Waals surface area contributed by atoms with Gasteiger partial charge in [0.15, 0.2) is 5.78 Å². The van der Waals surface area contributed by atoms with Gasteiger partial charge in [-0.05, 0) is 56.3 Å². The molecule has 1 saturated heterocycles. The lowest BCUT2D eigenvalue weighted by molar-refractivity contribution is 0.0683. The van der Waals surface area contributed by atoms with Gasteiger partial charge >= 0.3 is 5.97 Å². The van der Waals surface area contributed by atoms with Crippen molar-refractivity contribution in [3.05, 3.63) is 75.3 Å². The van der Waals surface area contributed by atoms with Gasteiger partial charge < -0.3 is 5.11 Å². The van der Waals surface area contributed by atoms with Crippen molar-refractivity contribution >= 4 is 35.0 Å². The third-order valence-electron chi connectivity index (χ3n) is 5.23. The molecular weight excluding hydrogens is 439 g/mol. The highest BCUT2D eigenvalue weighted by Gasteiger charge is 2.24. The standard InChI is InChI=1S/C22H20Cl2N4O3/c23-14-8-9-18(16(12-14)20(29)15-6-2-3-7-17(15)24)28-19(25-21(26-28)22(30)31)13-27-10-4-1-5-11-27/h2-3,6-9,12H,1,4-5,10-11,13H2,(H,30,31). The predicted molar refractivity (Wildman–Crippen MR) is 117 cm³/mol. The smallest absolute Gasteiger partial charge is 0.375 e. The van der Waals surface area contributed by atoms with E-state index in [1.165, 1.54) is 17.2 Å². The molecule has 0 amide bonds. The summed E-state index contributed by atoms with van der Waals surface area (Å²) in [5.41, 5.74) is 0.993. The molecule has 0 bridgehead atoms. The molecule has 0 radical (unpaired) electrons. The summed E-state index contributed by atoms with van der Waals surface area (Å²) < 4.78 is 1.43. The van der Waals surface area contributed by atoms with Crippen LogP contribution >= 0.6 is 23.2 Å². The lowest BCUT2D eigenvalue weighted by atomic mass is 10.0. The van der Waals surface area contributed by atoms with Crippen molar-refractivity contribution in [3.8, 4) is 5.69 Å². The fourth-order valence-corrected chi connectivity index (χ4v) is 4.11. The summed E-state index contributed by atoms with van der Waals surface area (Å²) >= 11 is 12.4. The summed E-state index contributed by atoms with van der Waals surface area (Å²) in [6.07, 6.45) is 3.34. The molecule has 0 aliphatic carbocycles. The van der Waals surface area contributed by atoms with E-state index < -0.39 is 5.97 Å². The third kappa shape index (κ3) is 4.63. The van der Waals surface area contributed by atoms with Crippen molar-refractivity contribution in [1.82, 2.24) is 19.7 Å². The molecule has 1 fully saturated rings. The summed E-state index contributed by atoms with van der Waals surface area (Å²) in [4.78, 5) is 31.3. The van der Waals surface area contributed by atoms with Crippen molar-refractivity contribution < 1.29 is 14.7 Å². The van der Waals surface area contributed by atoms with E-state index >= 15 is 0 Å². The van der Waals surface area contributed by atoms with Gasteiger partial charge in [-0.2, -0.15) is 0 Å². The number of hydrogen-bond donors (Lipinski definition) is 1. The molecule has 2 heterocycles. The first-order chi connectivity index (χ1) is 14.9. The highest BCUT2D eigenvalue weighted by Crippen LogP contribution is 2.27. The van der Waals surface area contributed by atoms with Crippen LogP contribution < -0.4 is 0 Å². The molecule has 9 heteroatoms. The van der Waals surface area contributed by atoms with E-state index in [2.05, 4.69) is 15.0 Å². The monoisotopic (exact) mass is 458 g/mol. The Bertz CT molecular complexity index is 1140. The van der Waals surface area contributed by atoms with Crippen molar-refractivity contribution in [3.63, 3.8) is 0 Å². The summed E-state index contributed by atoms with van der Waals surface area (Å²) in [5, 5.41) is 14.3. The average molecular weight is 459 g/mol. The van der Waals surface area contributed by atoms with E-state index in [1.54, 1.807) is 36.4 Å². The number of nitrogens with zero attached hydrogens (tertiary/aromatic N) is 4. The predicted octanol–water partition coefficient (Wildman–Crippen LogP) is 4.49. The second-order valence-electron chi connectivity index (χ2n) is 7.38. The Labute approximate surface area is 189 Å². The first kappa shape index (κ1) is 21.5. The summed E-state index contributed by atoms with van der Waals surface area (Å²) in [5.74, 6) is -1.43. The van der Waals surface area contributed by atoms with Gasteiger partial charge in [-0.15, -0.1) is 5.10 Å². The van der Waals surface area contributed by atoms with Gasteiger partial charge in [0.2, 0.25) is 0 Å². The number of aromatic nitrogens is 3. The number of ketones is 1. The highest BCUT2D eigenvalue weighted by molar-refractivity contribution is 6.35. The van der Waals surface area contributed by atoms with E-state index in [0.717, 1.165) is 25.9 Å². The van der Waals surface area contributed by atoms with E-state index in [4.69, 9.17) is 23.2 Å². The molecule has 1 aliphatic rings. The zero-order chi connectivity index (χ0) is 22.0. The minimum Gasteiger partial charge on any atom is -0.475 e. The SMILES string of the molecule is O=C(O)c1nc(CN2CCCCC2)n(-c2ccc(Cl)cc2C(=O)c2ccccc2Cl)n1. The molecule has 160 valence electrons. The van der Waals surface area contributed by atoms with Crippen molar-refractivity contribution in [2.45, 2.75) is 25.8 Å². The molecule has 7 nitrogen and oxygen atoms in total. The van der Waals surface area contributed by atoms with E-state index in [0.29, 0.717) is 33.7 Å². The second-order valence-corrected chi connectivity index (χ2v) is 8.22. The van der Waals surface area contributed by atoms with Crippen LogP contribution in [0.4, 0.5) is 0 Å². The second kappa shape index (κ2) is 9.18. The Morgan fingerprint density at radius 2 is 1.74 bits per heavy atom. The molecule has 31 heavy (non-hydrogen) atoms. The number of benzene rings is 2. The largest absolute Gasteiger partial charge is 0.475 e. The van der Waals surface area contributed by atoms with Gasteiger partial charge in [0, 0.05) is 16.1 Å². The highest BCUT2D eigenvalue weighted by atomic mass is 35.5. The Hall–Kier alpha value is -2.74. The molecular formula is C22H20Cl2N4O3. The number of carbonyl (C=O) groups excluding carboxylic acids is 1. The maximum Gasteiger partial charge on any atom is 0.375 e. The molecule has 3 aromatic rings. The number of halogens is 2. The minimum absolute atomic E-state index is 0.266. The number of likely N-dealkylation sites (tertiary alicyclic amines) is 1. The topological polar surface area (TPSA) is 88.3 Å². The van der Waals surface area contributed by atoms with Gasteiger partial charge in [-0.3, -0.25) is 9.69 Å². The molecule has 1 aromatic heterocycles. The van der Waals surface area contributed by atoms with Crippen molar-refractivity contribution in [2.75, 3.05) is 13.1 Å².